The molecule has 0 amide bonds. The molecule has 0 aliphatic heterocycles. The van der Waals surface area contributed by atoms with Crippen molar-refractivity contribution >= 4 is 0 Å². The van der Waals surface area contributed by atoms with Crippen LogP contribution < -0.4 is 5.32 Å². The molecule has 3 nitrogen and oxygen atoms in total. The maximum Gasteiger partial charge on any atom is 0.0951 e. The normalized spacial score (nSPS) is 16.3. The van der Waals surface area contributed by atoms with Gasteiger partial charge in [0.15, 0.2) is 0 Å². The van der Waals surface area contributed by atoms with E-state index < -0.39 is 0 Å². The number of aromatic nitrogens is 2. The largest absolute Gasteiger partial charge is 0.334 e. The Morgan fingerprint density at radius 2 is 2.16 bits per heavy atom. The Bertz CT molecular complexity index is 370. The van der Waals surface area contributed by atoms with E-state index in [-0.39, 0.29) is 0 Å². The van der Waals surface area contributed by atoms with Gasteiger partial charge >= 0.3 is 0 Å². The summed E-state index contributed by atoms with van der Waals surface area (Å²) in [5.74, 6) is 0. The highest BCUT2D eigenvalue weighted by Crippen LogP contribution is 2.20. The molecule has 1 heterocycles. The molecule has 0 saturated heterocycles. The maximum atomic E-state index is 4.57. The molecule has 1 aliphatic rings. The zero-order valence-electron chi connectivity index (χ0n) is 12.6. The van der Waals surface area contributed by atoms with Crippen LogP contribution in [0.4, 0.5) is 0 Å². The average Bonchev–Trinajstić information content (AvgIpc) is 2.86. The summed E-state index contributed by atoms with van der Waals surface area (Å²) in [5.41, 5.74) is 2.88. The van der Waals surface area contributed by atoms with E-state index in [9.17, 15) is 0 Å². The molecule has 2 rings (SSSR count). The molecular formula is C16H29N3. The third-order valence-electron chi connectivity index (χ3n) is 4.24. The molecule has 0 saturated carbocycles. The van der Waals surface area contributed by atoms with Crippen LogP contribution >= 0.6 is 0 Å². The van der Waals surface area contributed by atoms with Crippen LogP contribution in [0.25, 0.3) is 0 Å². The molecule has 19 heavy (non-hydrogen) atoms. The number of hydrogen-bond donors (Lipinski definition) is 1. The number of aryl methyl sites for hydroxylation is 2. The van der Waals surface area contributed by atoms with Crippen molar-refractivity contribution in [2.24, 2.45) is 0 Å². The Labute approximate surface area is 117 Å². The van der Waals surface area contributed by atoms with Crippen LogP contribution in [-0.4, -0.2) is 22.1 Å². The number of nitrogens with one attached hydrogen (secondary N) is 1. The highest BCUT2D eigenvalue weighted by Gasteiger charge is 2.15. The van der Waals surface area contributed by atoms with E-state index in [0.717, 1.165) is 13.1 Å². The van der Waals surface area contributed by atoms with E-state index in [4.69, 9.17) is 0 Å². The number of nitrogens with zero attached hydrogens (tertiary/aromatic N) is 2. The van der Waals surface area contributed by atoms with Gasteiger partial charge in [-0.15, -0.1) is 0 Å². The Morgan fingerprint density at radius 3 is 2.95 bits per heavy atom. The van der Waals surface area contributed by atoms with Crippen molar-refractivity contribution in [3.63, 3.8) is 0 Å². The SMILES string of the molecule is CCCNC(CC)CCCn1cnc2c1CCCC2. The summed E-state index contributed by atoms with van der Waals surface area (Å²) in [5, 5.41) is 3.64. The lowest BCUT2D eigenvalue weighted by Crippen LogP contribution is -2.29. The highest BCUT2D eigenvalue weighted by atomic mass is 15.1. The van der Waals surface area contributed by atoms with Gasteiger partial charge in [0, 0.05) is 18.3 Å². The van der Waals surface area contributed by atoms with Crippen LogP contribution in [0.15, 0.2) is 6.33 Å². The fourth-order valence-electron chi connectivity index (χ4n) is 3.03. The van der Waals surface area contributed by atoms with Gasteiger partial charge < -0.3 is 9.88 Å². The van der Waals surface area contributed by atoms with Crippen LogP contribution in [0.3, 0.4) is 0 Å². The third-order valence-corrected chi connectivity index (χ3v) is 4.24. The first-order chi connectivity index (χ1) is 9.35. The van der Waals surface area contributed by atoms with Gasteiger partial charge in [-0.25, -0.2) is 4.98 Å². The lowest BCUT2D eigenvalue weighted by atomic mass is 10.0. The maximum absolute atomic E-state index is 4.57. The lowest BCUT2D eigenvalue weighted by molar-refractivity contribution is 0.436. The zero-order valence-corrected chi connectivity index (χ0v) is 12.6. The Hall–Kier alpha value is -0.830. The molecule has 1 aromatic rings. The minimum Gasteiger partial charge on any atom is -0.334 e. The lowest BCUT2D eigenvalue weighted by Gasteiger charge is -2.18. The van der Waals surface area contributed by atoms with E-state index in [1.165, 1.54) is 62.8 Å². The monoisotopic (exact) mass is 263 g/mol. The van der Waals surface area contributed by atoms with Gasteiger partial charge in [0.25, 0.3) is 0 Å². The molecule has 1 atom stereocenters. The van der Waals surface area contributed by atoms with Crippen LogP contribution in [0, 0.1) is 0 Å². The minimum atomic E-state index is 0.694. The summed E-state index contributed by atoms with van der Waals surface area (Å²) in [6.07, 6.45) is 12.2. The van der Waals surface area contributed by atoms with E-state index in [0.29, 0.717) is 6.04 Å². The van der Waals surface area contributed by atoms with Crippen molar-refractivity contribution < 1.29 is 0 Å². The van der Waals surface area contributed by atoms with Crippen LogP contribution in [-0.2, 0) is 19.4 Å². The first kappa shape index (κ1) is 14.6. The summed E-state index contributed by atoms with van der Waals surface area (Å²) >= 11 is 0. The molecule has 0 bridgehead atoms. The van der Waals surface area contributed by atoms with Gasteiger partial charge in [-0.2, -0.15) is 0 Å². The molecular weight excluding hydrogens is 234 g/mol. The van der Waals surface area contributed by atoms with Crippen molar-refractivity contribution in [2.45, 2.75) is 77.8 Å². The van der Waals surface area contributed by atoms with Crippen LogP contribution in [0.2, 0.25) is 0 Å². The molecule has 0 radical (unpaired) electrons. The predicted molar refractivity (Wildman–Crippen MR) is 80.5 cm³/mol. The highest BCUT2D eigenvalue weighted by molar-refractivity contribution is 5.16. The molecule has 0 fully saturated rings. The zero-order chi connectivity index (χ0) is 13.5. The fourth-order valence-corrected chi connectivity index (χ4v) is 3.03. The van der Waals surface area contributed by atoms with Gasteiger partial charge in [-0.1, -0.05) is 13.8 Å². The molecule has 1 unspecified atom stereocenters. The van der Waals surface area contributed by atoms with Crippen molar-refractivity contribution in [3.05, 3.63) is 17.7 Å². The quantitative estimate of drug-likeness (QED) is 0.779. The van der Waals surface area contributed by atoms with Crippen molar-refractivity contribution in [3.8, 4) is 0 Å². The van der Waals surface area contributed by atoms with Gasteiger partial charge in [0.05, 0.1) is 12.0 Å². The van der Waals surface area contributed by atoms with Gasteiger partial charge in [-0.05, 0) is 57.9 Å². The summed E-state index contributed by atoms with van der Waals surface area (Å²) in [6.45, 7) is 6.82. The Morgan fingerprint density at radius 1 is 1.32 bits per heavy atom. The molecule has 0 aromatic carbocycles. The van der Waals surface area contributed by atoms with Crippen molar-refractivity contribution in [1.82, 2.24) is 14.9 Å². The second kappa shape index (κ2) is 7.68. The fraction of sp³-hybridized carbons (Fsp3) is 0.812. The van der Waals surface area contributed by atoms with E-state index in [2.05, 4.69) is 35.0 Å². The van der Waals surface area contributed by atoms with Crippen molar-refractivity contribution in [2.75, 3.05) is 6.54 Å². The first-order valence-corrected chi connectivity index (χ1v) is 8.11. The average molecular weight is 263 g/mol. The van der Waals surface area contributed by atoms with Gasteiger partial charge in [-0.3, -0.25) is 0 Å². The summed E-state index contributed by atoms with van der Waals surface area (Å²) in [4.78, 5) is 4.57. The standard InChI is InChI=1S/C16H29N3/c1-3-11-17-14(4-2)8-7-12-19-13-18-15-9-5-6-10-16(15)19/h13-14,17H,3-12H2,1-2H3. The van der Waals surface area contributed by atoms with Crippen molar-refractivity contribution in [1.29, 1.82) is 0 Å². The smallest absolute Gasteiger partial charge is 0.0951 e. The molecule has 1 aliphatic carbocycles. The van der Waals surface area contributed by atoms with Gasteiger partial charge in [0.2, 0.25) is 0 Å². The third kappa shape index (κ3) is 4.07. The molecule has 3 heteroatoms. The second-order valence-electron chi connectivity index (χ2n) is 5.74. The molecule has 108 valence electrons. The minimum absolute atomic E-state index is 0.694. The number of fused-ring (bicyclic) bond motifs is 1. The van der Waals surface area contributed by atoms with E-state index >= 15 is 0 Å². The molecule has 1 N–H and O–H groups in total. The predicted octanol–water partition coefficient (Wildman–Crippen LogP) is 3.32. The van der Waals surface area contributed by atoms with E-state index in [1.54, 1.807) is 0 Å². The van der Waals surface area contributed by atoms with Crippen LogP contribution in [0.5, 0.6) is 0 Å². The Kier molecular flexibility index (Phi) is 5.90. The molecule has 1 aromatic heterocycles. The number of rotatable bonds is 8. The summed E-state index contributed by atoms with van der Waals surface area (Å²) in [7, 11) is 0. The van der Waals surface area contributed by atoms with E-state index in [1.807, 2.05) is 0 Å². The van der Waals surface area contributed by atoms with Gasteiger partial charge in [0.1, 0.15) is 0 Å². The second-order valence-corrected chi connectivity index (χ2v) is 5.74. The first-order valence-electron chi connectivity index (χ1n) is 8.11. The number of hydrogen-bond acceptors (Lipinski definition) is 2. The molecule has 0 spiro atoms. The number of imidazole rings is 1. The summed E-state index contributed by atoms with van der Waals surface area (Å²) in [6, 6.07) is 0.694. The summed E-state index contributed by atoms with van der Waals surface area (Å²) < 4.78 is 2.40. The Balaban J connectivity index is 1.77. The van der Waals surface area contributed by atoms with Crippen LogP contribution in [0.1, 0.15) is 63.8 Å². The topological polar surface area (TPSA) is 29.9 Å².